The van der Waals surface area contributed by atoms with Crippen LogP contribution < -0.4 is 5.32 Å². The molecule has 0 saturated heterocycles. The Hall–Kier alpha value is -1.03. The highest BCUT2D eigenvalue weighted by atomic mass is 16.7. The Balaban J connectivity index is 3.67. The largest absolute Gasteiger partial charge is 0.435 e. The Bertz CT molecular complexity index is 154. The molecule has 0 saturated carbocycles. The second kappa shape index (κ2) is 5.73. The maximum Gasteiger partial charge on any atom is 0.334 e. The summed E-state index contributed by atoms with van der Waals surface area (Å²) < 4.78 is 9.12. The summed E-state index contributed by atoms with van der Waals surface area (Å²) in [5, 5.41) is 2.79. The normalized spacial score (nSPS) is 11.0. The van der Waals surface area contributed by atoms with Crippen molar-refractivity contribution in [3.05, 3.63) is 11.8 Å². The number of methoxy groups -OCH3 is 1. The van der Waals surface area contributed by atoms with Gasteiger partial charge in [0.1, 0.15) is 0 Å². The summed E-state index contributed by atoms with van der Waals surface area (Å²) in [6, 6.07) is 0. The van der Waals surface area contributed by atoms with Crippen LogP contribution in [-0.4, -0.2) is 26.9 Å². The van der Waals surface area contributed by atoms with Crippen molar-refractivity contribution >= 4 is 5.97 Å². The molecule has 0 bridgehead atoms. The molecule has 4 heteroatoms. The molecule has 0 aromatic carbocycles. The number of ether oxygens (including phenoxy) is 2. The molecule has 0 fully saturated rings. The van der Waals surface area contributed by atoms with Crippen LogP contribution in [0.4, 0.5) is 0 Å². The van der Waals surface area contributed by atoms with E-state index in [-0.39, 0.29) is 6.79 Å². The lowest BCUT2D eigenvalue weighted by molar-refractivity contribution is -0.147. The van der Waals surface area contributed by atoms with Crippen LogP contribution in [0.2, 0.25) is 0 Å². The van der Waals surface area contributed by atoms with Crippen molar-refractivity contribution in [1.29, 1.82) is 0 Å². The highest BCUT2D eigenvalue weighted by Gasteiger charge is 1.96. The molecule has 0 heterocycles. The van der Waals surface area contributed by atoms with Gasteiger partial charge in [-0.3, -0.25) is 0 Å². The van der Waals surface area contributed by atoms with Crippen LogP contribution >= 0.6 is 0 Å². The van der Waals surface area contributed by atoms with Crippen LogP contribution in [0.3, 0.4) is 0 Å². The molecular formula is C7H13NO3. The molecule has 0 aliphatic carbocycles. The smallest absolute Gasteiger partial charge is 0.334 e. The number of carbonyl (C=O) groups excluding carboxylic acids is 1. The molecule has 64 valence electrons. The zero-order valence-corrected chi connectivity index (χ0v) is 7.01. The Kier molecular flexibility index (Phi) is 5.20. The third-order valence-electron chi connectivity index (χ3n) is 1.05. The van der Waals surface area contributed by atoms with Crippen LogP contribution in [0.5, 0.6) is 0 Å². The first-order valence-electron chi connectivity index (χ1n) is 3.22. The average molecular weight is 159 g/mol. The maximum atomic E-state index is 10.8. The molecular weight excluding hydrogens is 146 g/mol. The molecule has 11 heavy (non-hydrogen) atoms. The van der Waals surface area contributed by atoms with Crippen molar-refractivity contribution < 1.29 is 14.3 Å². The number of hydrogen-bond acceptors (Lipinski definition) is 4. The van der Waals surface area contributed by atoms with Crippen molar-refractivity contribution in [1.82, 2.24) is 5.32 Å². The quantitative estimate of drug-likeness (QED) is 0.363. The van der Waals surface area contributed by atoms with Crippen LogP contribution in [0.1, 0.15) is 6.92 Å². The van der Waals surface area contributed by atoms with Gasteiger partial charge < -0.3 is 14.8 Å². The van der Waals surface area contributed by atoms with Crippen LogP contribution in [-0.2, 0) is 14.3 Å². The summed E-state index contributed by atoms with van der Waals surface area (Å²) in [6.07, 6.45) is 1.36. The van der Waals surface area contributed by atoms with Crippen LogP contribution in [0, 0.1) is 0 Å². The van der Waals surface area contributed by atoms with Gasteiger partial charge in [0.05, 0.1) is 0 Å². The van der Waals surface area contributed by atoms with E-state index in [0.717, 1.165) is 5.70 Å². The van der Waals surface area contributed by atoms with E-state index in [1.165, 1.54) is 13.2 Å². The number of esters is 1. The lowest BCUT2D eigenvalue weighted by atomic mass is 10.4. The van der Waals surface area contributed by atoms with Crippen LogP contribution in [0.25, 0.3) is 0 Å². The molecule has 0 aliphatic heterocycles. The summed E-state index contributed by atoms with van der Waals surface area (Å²) in [6.45, 7) is 1.76. The van der Waals surface area contributed by atoms with Crippen LogP contribution in [0.15, 0.2) is 11.8 Å². The van der Waals surface area contributed by atoms with Crippen molar-refractivity contribution in [3.8, 4) is 0 Å². The minimum atomic E-state index is -0.404. The highest BCUT2D eigenvalue weighted by molar-refractivity contribution is 5.82. The van der Waals surface area contributed by atoms with Gasteiger partial charge >= 0.3 is 5.97 Å². The molecule has 0 rings (SSSR count). The van der Waals surface area contributed by atoms with E-state index in [1.807, 2.05) is 0 Å². The van der Waals surface area contributed by atoms with E-state index in [1.54, 1.807) is 14.0 Å². The molecule has 4 nitrogen and oxygen atoms in total. The first-order chi connectivity index (χ1) is 5.20. The summed E-state index contributed by atoms with van der Waals surface area (Å²) >= 11 is 0. The summed E-state index contributed by atoms with van der Waals surface area (Å²) in [5.74, 6) is -0.404. The predicted molar refractivity (Wildman–Crippen MR) is 40.8 cm³/mol. The molecule has 0 amide bonds. The zero-order valence-electron chi connectivity index (χ0n) is 7.01. The molecule has 0 radical (unpaired) electrons. The summed E-state index contributed by atoms with van der Waals surface area (Å²) in [4.78, 5) is 10.8. The van der Waals surface area contributed by atoms with Gasteiger partial charge in [0.25, 0.3) is 0 Å². The lowest BCUT2D eigenvalue weighted by Crippen LogP contribution is -2.08. The first kappa shape index (κ1) is 9.97. The highest BCUT2D eigenvalue weighted by Crippen LogP contribution is 1.87. The van der Waals surface area contributed by atoms with E-state index in [9.17, 15) is 4.79 Å². The average Bonchev–Trinajstić information content (AvgIpc) is 2.00. The van der Waals surface area contributed by atoms with E-state index >= 15 is 0 Å². The molecule has 0 atom stereocenters. The Morgan fingerprint density at radius 1 is 1.64 bits per heavy atom. The maximum absolute atomic E-state index is 10.8. The lowest BCUT2D eigenvalue weighted by Gasteiger charge is -2.00. The van der Waals surface area contributed by atoms with E-state index in [4.69, 9.17) is 0 Å². The van der Waals surface area contributed by atoms with Crippen molar-refractivity contribution in [2.24, 2.45) is 0 Å². The fourth-order valence-electron chi connectivity index (χ4n) is 0.408. The third-order valence-corrected chi connectivity index (χ3v) is 1.05. The summed E-state index contributed by atoms with van der Waals surface area (Å²) in [7, 11) is 3.19. The monoisotopic (exact) mass is 159 g/mol. The minimum absolute atomic E-state index is 0.00761. The number of nitrogens with one attached hydrogen (secondary N) is 1. The predicted octanol–water partition coefficient (Wildman–Crippen LogP) is 0.257. The second-order valence-electron chi connectivity index (χ2n) is 1.95. The van der Waals surface area contributed by atoms with Gasteiger partial charge in [-0.15, -0.1) is 0 Å². The number of carbonyl (C=O) groups is 1. The topological polar surface area (TPSA) is 47.6 Å². The van der Waals surface area contributed by atoms with Gasteiger partial charge in [0, 0.05) is 25.9 Å². The number of rotatable bonds is 4. The van der Waals surface area contributed by atoms with Gasteiger partial charge in [0.15, 0.2) is 6.79 Å². The third kappa shape index (κ3) is 5.42. The Morgan fingerprint density at radius 2 is 2.27 bits per heavy atom. The number of hydrogen-bond donors (Lipinski definition) is 1. The first-order valence-corrected chi connectivity index (χ1v) is 3.22. The fourth-order valence-corrected chi connectivity index (χ4v) is 0.408. The zero-order chi connectivity index (χ0) is 8.69. The standard InChI is InChI=1S/C7H13NO3/c1-6(8-2)4-7(9)11-5-10-3/h4,8H,5H2,1-3H3/b6-4-. The van der Waals surface area contributed by atoms with E-state index in [0.29, 0.717) is 0 Å². The summed E-state index contributed by atoms with van der Waals surface area (Å²) in [5.41, 5.74) is 0.756. The fraction of sp³-hybridized carbons (Fsp3) is 0.571. The number of allylic oxidation sites excluding steroid dienone is 1. The molecule has 0 aromatic heterocycles. The van der Waals surface area contributed by atoms with Gasteiger partial charge in [-0.05, 0) is 6.92 Å². The van der Waals surface area contributed by atoms with Crippen molar-refractivity contribution in [2.75, 3.05) is 21.0 Å². The van der Waals surface area contributed by atoms with Crippen molar-refractivity contribution in [3.63, 3.8) is 0 Å². The van der Waals surface area contributed by atoms with E-state index in [2.05, 4.69) is 14.8 Å². The second-order valence-corrected chi connectivity index (χ2v) is 1.95. The molecule has 0 aliphatic rings. The molecule has 0 unspecified atom stereocenters. The van der Waals surface area contributed by atoms with Gasteiger partial charge in [0.2, 0.25) is 0 Å². The minimum Gasteiger partial charge on any atom is -0.435 e. The van der Waals surface area contributed by atoms with Gasteiger partial charge in [-0.2, -0.15) is 0 Å². The molecule has 0 aromatic rings. The van der Waals surface area contributed by atoms with Crippen molar-refractivity contribution in [2.45, 2.75) is 6.92 Å². The molecule has 0 spiro atoms. The Labute approximate surface area is 66.2 Å². The molecule has 1 N–H and O–H groups in total. The Morgan fingerprint density at radius 3 is 2.73 bits per heavy atom. The van der Waals surface area contributed by atoms with Gasteiger partial charge in [-0.25, -0.2) is 4.79 Å². The van der Waals surface area contributed by atoms with Gasteiger partial charge in [-0.1, -0.05) is 0 Å². The van der Waals surface area contributed by atoms with E-state index < -0.39 is 5.97 Å². The SMILES string of the molecule is CN/C(C)=C\C(=O)OCOC.